The van der Waals surface area contributed by atoms with Crippen molar-refractivity contribution < 1.29 is 14.2 Å². The Kier molecular flexibility index (Phi) is 4.59. The van der Waals surface area contributed by atoms with E-state index in [0.29, 0.717) is 11.3 Å². The van der Waals surface area contributed by atoms with Crippen molar-refractivity contribution in [1.29, 1.82) is 0 Å². The SMILES string of the molecule is CCC1CCCC(Oc2ccc(F)cc2CO)C1. The fourth-order valence-electron chi connectivity index (χ4n) is 2.69. The van der Waals surface area contributed by atoms with Gasteiger partial charge in [-0.1, -0.05) is 19.8 Å². The molecule has 18 heavy (non-hydrogen) atoms. The van der Waals surface area contributed by atoms with E-state index in [1.165, 1.54) is 31.4 Å². The Morgan fingerprint density at radius 1 is 1.39 bits per heavy atom. The van der Waals surface area contributed by atoms with E-state index in [2.05, 4.69) is 6.92 Å². The maximum Gasteiger partial charge on any atom is 0.125 e. The van der Waals surface area contributed by atoms with Gasteiger partial charge >= 0.3 is 0 Å². The van der Waals surface area contributed by atoms with E-state index in [1.807, 2.05) is 0 Å². The molecule has 1 aromatic rings. The minimum atomic E-state index is -0.332. The summed E-state index contributed by atoms with van der Waals surface area (Å²) >= 11 is 0. The Morgan fingerprint density at radius 2 is 2.22 bits per heavy atom. The molecule has 1 aromatic carbocycles. The number of ether oxygens (including phenoxy) is 1. The quantitative estimate of drug-likeness (QED) is 0.886. The maximum absolute atomic E-state index is 13.1. The van der Waals surface area contributed by atoms with Crippen LogP contribution in [0.5, 0.6) is 5.75 Å². The van der Waals surface area contributed by atoms with Gasteiger partial charge in [0, 0.05) is 5.56 Å². The van der Waals surface area contributed by atoms with Gasteiger partial charge in [0.05, 0.1) is 12.7 Å². The first kappa shape index (κ1) is 13.3. The van der Waals surface area contributed by atoms with E-state index < -0.39 is 0 Å². The predicted octanol–water partition coefficient (Wildman–Crippen LogP) is 3.67. The van der Waals surface area contributed by atoms with Crippen molar-refractivity contribution in [2.45, 2.75) is 51.7 Å². The number of benzene rings is 1. The predicted molar refractivity (Wildman–Crippen MR) is 69.0 cm³/mol. The Balaban J connectivity index is 2.04. The second-order valence-corrected chi connectivity index (χ2v) is 5.09. The molecule has 0 heterocycles. The van der Waals surface area contributed by atoms with E-state index in [9.17, 15) is 9.50 Å². The van der Waals surface area contributed by atoms with Gasteiger partial charge in [-0.15, -0.1) is 0 Å². The molecule has 1 N–H and O–H groups in total. The van der Waals surface area contributed by atoms with Crippen molar-refractivity contribution in [3.63, 3.8) is 0 Å². The molecule has 1 fully saturated rings. The molecule has 3 heteroatoms. The molecule has 1 aliphatic carbocycles. The molecule has 2 rings (SSSR count). The Labute approximate surface area is 108 Å². The van der Waals surface area contributed by atoms with Crippen molar-refractivity contribution >= 4 is 0 Å². The summed E-state index contributed by atoms with van der Waals surface area (Å²) in [6.07, 6.45) is 6.00. The highest BCUT2D eigenvalue weighted by Gasteiger charge is 2.22. The molecule has 0 radical (unpaired) electrons. The molecule has 0 spiro atoms. The van der Waals surface area contributed by atoms with Crippen LogP contribution in [0.1, 0.15) is 44.6 Å². The summed E-state index contributed by atoms with van der Waals surface area (Å²) in [6, 6.07) is 4.35. The fourth-order valence-corrected chi connectivity index (χ4v) is 2.69. The van der Waals surface area contributed by atoms with Crippen LogP contribution in [0, 0.1) is 11.7 Å². The number of halogens is 1. The first-order valence-electron chi connectivity index (χ1n) is 6.78. The molecule has 1 saturated carbocycles. The molecule has 0 aliphatic heterocycles. The third kappa shape index (κ3) is 3.22. The Hall–Kier alpha value is -1.09. The number of aliphatic hydroxyl groups excluding tert-OH is 1. The minimum Gasteiger partial charge on any atom is -0.490 e. The summed E-state index contributed by atoms with van der Waals surface area (Å²) in [5.41, 5.74) is 0.536. The van der Waals surface area contributed by atoms with Crippen LogP contribution in [-0.2, 0) is 6.61 Å². The molecule has 0 amide bonds. The molecule has 2 nitrogen and oxygen atoms in total. The minimum absolute atomic E-state index is 0.184. The van der Waals surface area contributed by atoms with E-state index >= 15 is 0 Å². The molecular formula is C15H21FO2. The summed E-state index contributed by atoms with van der Waals surface area (Å²) in [4.78, 5) is 0. The third-order valence-electron chi connectivity index (χ3n) is 3.80. The Bertz CT molecular complexity index is 392. The van der Waals surface area contributed by atoms with Crippen LogP contribution in [0.3, 0.4) is 0 Å². The number of hydrogen-bond donors (Lipinski definition) is 1. The van der Waals surface area contributed by atoms with Crippen LogP contribution in [0.2, 0.25) is 0 Å². The average Bonchev–Trinajstić information content (AvgIpc) is 2.41. The van der Waals surface area contributed by atoms with Gasteiger partial charge in [-0.2, -0.15) is 0 Å². The summed E-state index contributed by atoms with van der Waals surface area (Å²) in [7, 11) is 0. The maximum atomic E-state index is 13.1. The van der Waals surface area contributed by atoms with Crippen LogP contribution >= 0.6 is 0 Å². The van der Waals surface area contributed by atoms with E-state index in [-0.39, 0.29) is 18.5 Å². The van der Waals surface area contributed by atoms with Crippen molar-refractivity contribution in [1.82, 2.24) is 0 Å². The molecule has 100 valence electrons. The van der Waals surface area contributed by atoms with E-state index in [4.69, 9.17) is 4.74 Å². The lowest BCUT2D eigenvalue weighted by Crippen LogP contribution is -2.25. The van der Waals surface area contributed by atoms with Crippen molar-refractivity contribution in [3.8, 4) is 5.75 Å². The molecule has 2 unspecified atom stereocenters. The van der Waals surface area contributed by atoms with Crippen LogP contribution in [0.25, 0.3) is 0 Å². The Morgan fingerprint density at radius 3 is 2.94 bits per heavy atom. The largest absolute Gasteiger partial charge is 0.490 e. The summed E-state index contributed by atoms with van der Waals surface area (Å²) in [5.74, 6) is 1.03. The monoisotopic (exact) mass is 252 g/mol. The first-order valence-corrected chi connectivity index (χ1v) is 6.78. The second kappa shape index (κ2) is 6.19. The highest BCUT2D eigenvalue weighted by atomic mass is 19.1. The highest BCUT2D eigenvalue weighted by Crippen LogP contribution is 2.31. The van der Waals surface area contributed by atoms with Crippen molar-refractivity contribution in [2.24, 2.45) is 5.92 Å². The van der Waals surface area contributed by atoms with Gasteiger partial charge in [0.25, 0.3) is 0 Å². The van der Waals surface area contributed by atoms with Gasteiger partial charge in [-0.05, 0) is 43.4 Å². The summed E-state index contributed by atoms with van der Waals surface area (Å²) in [5, 5.41) is 9.22. The lowest BCUT2D eigenvalue weighted by atomic mass is 9.85. The summed E-state index contributed by atoms with van der Waals surface area (Å²) < 4.78 is 19.0. The van der Waals surface area contributed by atoms with E-state index in [0.717, 1.165) is 18.8 Å². The molecule has 1 aliphatic rings. The van der Waals surface area contributed by atoms with Gasteiger partial charge in [0.1, 0.15) is 11.6 Å². The highest BCUT2D eigenvalue weighted by molar-refractivity contribution is 5.33. The van der Waals surface area contributed by atoms with Gasteiger partial charge in [-0.3, -0.25) is 0 Å². The standard InChI is InChI=1S/C15H21FO2/c1-2-11-4-3-5-14(8-11)18-15-7-6-13(16)9-12(15)10-17/h6-7,9,11,14,17H,2-5,8,10H2,1H3. The van der Waals surface area contributed by atoms with Crippen molar-refractivity contribution in [3.05, 3.63) is 29.6 Å². The topological polar surface area (TPSA) is 29.5 Å². The van der Waals surface area contributed by atoms with Crippen LogP contribution in [0.15, 0.2) is 18.2 Å². The van der Waals surface area contributed by atoms with Gasteiger partial charge in [-0.25, -0.2) is 4.39 Å². The van der Waals surface area contributed by atoms with Crippen LogP contribution < -0.4 is 4.74 Å². The average molecular weight is 252 g/mol. The zero-order chi connectivity index (χ0) is 13.0. The zero-order valence-corrected chi connectivity index (χ0v) is 10.9. The number of hydrogen-bond acceptors (Lipinski definition) is 2. The fraction of sp³-hybridized carbons (Fsp3) is 0.600. The zero-order valence-electron chi connectivity index (χ0n) is 10.9. The number of rotatable bonds is 4. The lowest BCUT2D eigenvalue weighted by molar-refractivity contribution is 0.118. The smallest absolute Gasteiger partial charge is 0.125 e. The van der Waals surface area contributed by atoms with Gasteiger partial charge in [0.2, 0.25) is 0 Å². The van der Waals surface area contributed by atoms with Crippen molar-refractivity contribution in [2.75, 3.05) is 0 Å². The first-order chi connectivity index (χ1) is 8.72. The molecule has 0 saturated heterocycles. The molecule has 2 atom stereocenters. The van der Waals surface area contributed by atoms with Crippen LogP contribution in [0.4, 0.5) is 4.39 Å². The second-order valence-electron chi connectivity index (χ2n) is 5.09. The van der Waals surface area contributed by atoms with Crippen LogP contribution in [-0.4, -0.2) is 11.2 Å². The van der Waals surface area contributed by atoms with E-state index in [1.54, 1.807) is 6.07 Å². The summed E-state index contributed by atoms with van der Waals surface area (Å²) in [6.45, 7) is 2.03. The third-order valence-corrected chi connectivity index (χ3v) is 3.80. The normalized spacial score (nSPS) is 23.9. The number of aliphatic hydroxyl groups is 1. The lowest BCUT2D eigenvalue weighted by Gasteiger charge is -2.29. The van der Waals surface area contributed by atoms with Gasteiger partial charge in [0.15, 0.2) is 0 Å². The molecular weight excluding hydrogens is 231 g/mol. The molecule has 0 bridgehead atoms. The molecule has 0 aromatic heterocycles. The van der Waals surface area contributed by atoms with Gasteiger partial charge < -0.3 is 9.84 Å².